The van der Waals surface area contributed by atoms with Crippen LogP contribution in [0.1, 0.15) is 25.0 Å². The highest BCUT2D eigenvalue weighted by Gasteiger charge is 2.12. The minimum Gasteiger partial charge on any atom is -0.482 e. The molecule has 0 radical (unpaired) electrons. The largest absolute Gasteiger partial charge is 0.482 e. The van der Waals surface area contributed by atoms with Gasteiger partial charge in [-0.1, -0.05) is 35.0 Å². The van der Waals surface area contributed by atoms with Crippen LogP contribution in [0.15, 0.2) is 52.5 Å². The minimum absolute atomic E-state index is 0.138. The molecule has 0 N–H and O–H groups in total. The average molecular weight is 458 g/mol. The molecule has 0 spiro atoms. The third kappa shape index (κ3) is 6.77. The van der Waals surface area contributed by atoms with Crippen LogP contribution in [0.2, 0.25) is 0 Å². The number of ether oxygens (including phenoxy) is 3. The van der Waals surface area contributed by atoms with Crippen LogP contribution in [-0.2, 0) is 20.7 Å². The van der Waals surface area contributed by atoms with Crippen molar-refractivity contribution in [1.29, 1.82) is 5.26 Å². The van der Waals surface area contributed by atoms with Gasteiger partial charge in [0.25, 0.3) is 0 Å². The zero-order chi connectivity index (χ0) is 21.2. The van der Waals surface area contributed by atoms with Crippen molar-refractivity contribution in [3.05, 3.63) is 63.6 Å². The third-order valence-electron chi connectivity index (χ3n) is 3.77. The lowest BCUT2D eigenvalue weighted by Crippen LogP contribution is -2.18. The molecule has 0 aliphatic carbocycles. The molecule has 0 bridgehead atoms. The van der Waals surface area contributed by atoms with Gasteiger partial charge < -0.3 is 14.2 Å². The summed E-state index contributed by atoms with van der Waals surface area (Å²) in [5.41, 5.74) is 1.37. The number of nitrogens with zero attached hydrogens (tertiary/aromatic N) is 1. The number of hydrogen-bond donors (Lipinski definition) is 0. The highest BCUT2D eigenvalue weighted by Crippen LogP contribution is 2.24. The molecule has 0 fully saturated rings. The molecule has 0 aromatic heterocycles. The predicted octanol–water partition coefficient (Wildman–Crippen LogP) is 4.47. The fourth-order valence-corrected chi connectivity index (χ4v) is 2.85. The van der Waals surface area contributed by atoms with E-state index in [0.717, 1.165) is 16.5 Å². The van der Waals surface area contributed by atoms with Gasteiger partial charge >= 0.3 is 11.9 Å². The molecule has 0 saturated carbocycles. The van der Waals surface area contributed by atoms with Crippen molar-refractivity contribution >= 4 is 33.9 Å². The minimum atomic E-state index is -0.702. The molecule has 0 aliphatic heterocycles. The smallest absolute Gasteiger partial charge is 0.349 e. The first-order chi connectivity index (χ1) is 14.0. The number of esters is 2. The second-order valence-electron chi connectivity index (χ2n) is 5.83. The SMILES string of the molecule is CCOC(=O)/C(C#N)=C/c1cccc(OC(=O)COc2ccc(Br)cc2CC)c1. The fourth-order valence-electron chi connectivity index (χ4n) is 2.44. The van der Waals surface area contributed by atoms with E-state index in [2.05, 4.69) is 15.9 Å². The van der Waals surface area contributed by atoms with Crippen LogP contribution in [0.3, 0.4) is 0 Å². The van der Waals surface area contributed by atoms with Crippen LogP contribution in [0, 0.1) is 11.3 Å². The van der Waals surface area contributed by atoms with Crippen LogP contribution in [-0.4, -0.2) is 25.2 Å². The molecule has 29 heavy (non-hydrogen) atoms. The number of nitriles is 1. The predicted molar refractivity (Wildman–Crippen MR) is 111 cm³/mol. The molecule has 7 heteroatoms. The number of hydrogen-bond acceptors (Lipinski definition) is 6. The summed E-state index contributed by atoms with van der Waals surface area (Å²) in [6.07, 6.45) is 2.14. The van der Waals surface area contributed by atoms with E-state index < -0.39 is 11.9 Å². The third-order valence-corrected chi connectivity index (χ3v) is 4.26. The standard InChI is InChI=1S/C22H20BrNO5/c1-3-16-12-18(23)8-9-20(16)28-14-21(25)29-19-7-5-6-15(11-19)10-17(13-24)22(26)27-4-2/h5-12H,3-4,14H2,1-2H3/b17-10+. The molecule has 0 saturated heterocycles. The number of aryl methyl sites for hydroxylation is 1. The van der Waals surface area contributed by atoms with Crippen LogP contribution in [0.5, 0.6) is 11.5 Å². The van der Waals surface area contributed by atoms with Gasteiger partial charge in [-0.3, -0.25) is 0 Å². The van der Waals surface area contributed by atoms with Gasteiger partial charge in [0.2, 0.25) is 0 Å². The maximum Gasteiger partial charge on any atom is 0.349 e. The van der Waals surface area contributed by atoms with E-state index in [1.165, 1.54) is 6.08 Å². The van der Waals surface area contributed by atoms with Crippen molar-refractivity contribution in [1.82, 2.24) is 0 Å². The quantitative estimate of drug-likeness (QED) is 0.251. The molecule has 2 rings (SSSR count). The topological polar surface area (TPSA) is 85.6 Å². The Hall–Kier alpha value is -3.11. The Labute approximate surface area is 177 Å². The van der Waals surface area contributed by atoms with Crippen LogP contribution >= 0.6 is 15.9 Å². The Bertz CT molecular complexity index is 962. The molecule has 0 atom stereocenters. The van der Waals surface area contributed by atoms with Crippen molar-refractivity contribution in [2.45, 2.75) is 20.3 Å². The summed E-state index contributed by atoms with van der Waals surface area (Å²) < 4.78 is 16.6. The zero-order valence-corrected chi connectivity index (χ0v) is 17.7. The van der Waals surface area contributed by atoms with E-state index >= 15 is 0 Å². The van der Waals surface area contributed by atoms with Crippen LogP contribution in [0.25, 0.3) is 6.08 Å². The van der Waals surface area contributed by atoms with Gasteiger partial charge in [0, 0.05) is 4.47 Å². The van der Waals surface area contributed by atoms with Crippen molar-refractivity contribution in [3.8, 4) is 17.6 Å². The lowest BCUT2D eigenvalue weighted by molar-refractivity contribution is -0.138. The van der Waals surface area contributed by atoms with E-state index in [-0.39, 0.29) is 24.5 Å². The van der Waals surface area contributed by atoms with E-state index in [1.807, 2.05) is 19.1 Å². The Morgan fingerprint density at radius 1 is 1.17 bits per heavy atom. The Kier molecular flexibility index (Phi) is 8.44. The lowest BCUT2D eigenvalue weighted by Gasteiger charge is -2.11. The Balaban J connectivity index is 2.04. The first-order valence-corrected chi connectivity index (χ1v) is 9.77. The van der Waals surface area contributed by atoms with Crippen LogP contribution < -0.4 is 9.47 Å². The van der Waals surface area contributed by atoms with E-state index in [4.69, 9.17) is 19.5 Å². The number of rotatable bonds is 8. The lowest BCUT2D eigenvalue weighted by atomic mass is 10.1. The number of benzene rings is 2. The summed E-state index contributed by atoms with van der Waals surface area (Å²) in [4.78, 5) is 23.9. The maximum absolute atomic E-state index is 12.1. The second kappa shape index (κ2) is 11.0. The molecule has 0 unspecified atom stereocenters. The fraction of sp³-hybridized carbons (Fsp3) is 0.227. The number of halogens is 1. The van der Waals surface area contributed by atoms with Gasteiger partial charge in [-0.15, -0.1) is 0 Å². The molecule has 0 aliphatic rings. The summed E-state index contributed by atoms with van der Waals surface area (Å²) >= 11 is 3.41. The molecular weight excluding hydrogens is 438 g/mol. The molecule has 6 nitrogen and oxygen atoms in total. The van der Waals surface area contributed by atoms with E-state index in [1.54, 1.807) is 43.3 Å². The first kappa shape index (κ1) is 22.2. The summed E-state index contributed by atoms with van der Waals surface area (Å²) in [5, 5.41) is 9.11. The first-order valence-electron chi connectivity index (χ1n) is 8.97. The molecule has 150 valence electrons. The summed E-state index contributed by atoms with van der Waals surface area (Å²) in [5.74, 6) is -0.369. The van der Waals surface area contributed by atoms with E-state index in [0.29, 0.717) is 11.3 Å². The van der Waals surface area contributed by atoms with Crippen molar-refractivity contribution in [2.24, 2.45) is 0 Å². The average Bonchev–Trinajstić information content (AvgIpc) is 2.71. The Morgan fingerprint density at radius 3 is 2.66 bits per heavy atom. The molecule has 2 aromatic rings. The maximum atomic E-state index is 12.1. The summed E-state index contributed by atoms with van der Waals surface area (Å²) in [6.45, 7) is 3.58. The second-order valence-corrected chi connectivity index (χ2v) is 6.75. The van der Waals surface area contributed by atoms with Gasteiger partial charge in [0.05, 0.1) is 6.61 Å². The van der Waals surface area contributed by atoms with Crippen LogP contribution in [0.4, 0.5) is 0 Å². The number of carbonyl (C=O) groups excluding carboxylic acids is 2. The normalized spacial score (nSPS) is 10.8. The van der Waals surface area contributed by atoms with Gasteiger partial charge in [-0.2, -0.15) is 5.26 Å². The van der Waals surface area contributed by atoms with Crippen molar-refractivity contribution in [3.63, 3.8) is 0 Å². The van der Waals surface area contributed by atoms with E-state index in [9.17, 15) is 9.59 Å². The highest BCUT2D eigenvalue weighted by molar-refractivity contribution is 9.10. The van der Waals surface area contributed by atoms with Gasteiger partial charge in [-0.05, 0) is 60.9 Å². The molecular formula is C22H20BrNO5. The monoisotopic (exact) mass is 457 g/mol. The molecule has 0 amide bonds. The highest BCUT2D eigenvalue weighted by atomic mass is 79.9. The summed E-state index contributed by atoms with van der Waals surface area (Å²) in [7, 11) is 0. The van der Waals surface area contributed by atoms with Crippen molar-refractivity contribution < 1.29 is 23.8 Å². The summed E-state index contributed by atoms with van der Waals surface area (Å²) in [6, 6.07) is 13.9. The van der Waals surface area contributed by atoms with Gasteiger partial charge in [0.15, 0.2) is 6.61 Å². The zero-order valence-electron chi connectivity index (χ0n) is 16.1. The molecule has 2 aromatic carbocycles. The van der Waals surface area contributed by atoms with Crippen molar-refractivity contribution in [2.75, 3.05) is 13.2 Å². The van der Waals surface area contributed by atoms with Gasteiger partial charge in [-0.25, -0.2) is 9.59 Å². The molecule has 0 heterocycles. The van der Waals surface area contributed by atoms with Gasteiger partial charge in [0.1, 0.15) is 23.1 Å². The number of carbonyl (C=O) groups is 2. The Morgan fingerprint density at radius 2 is 1.97 bits per heavy atom.